The van der Waals surface area contributed by atoms with Crippen LogP contribution in [0.25, 0.3) is 0 Å². The van der Waals surface area contributed by atoms with Gasteiger partial charge in [-0.2, -0.15) is 0 Å². The number of phenols is 1. The number of aromatic hydroxyl groups is 1. The van der Waals surface area contributed by atoms with E-state index in [9.17, 15) is 14.7 Å². The molecule has 0 saturated heterocycles. The van der Waals surface area contributed by atoms with Crippen LogP contribution in [-0.2, 0) is 22.4 Å². The second-order valence-electron chi connectivity index (χ2n) is 9.71. The van der Waals surface area contributed by atoms with Crippen molar-refractivity contribution in [3.63, 3.8) is 0 Å². The quantitative estimate of drug-likeness (QED) is 0.170. The fourth-order valence-corrected chi connectivity index (χ4v) is 4.30. The predicted molar refractivity (Wildman–Crippen MR) is 154 cm³/mol. The SMILES string of the molecule is CCCC(=O)N[C@@H](Cc1ccc(O)cc1)C(=O)NCCN(CCCNCCCN)CCCc1ccccc1. The number of carbonyl (C=O) groups excluding carboxylic acids is 2. The standard InChI is InChI=1S/C30H47N5O3/c1-2-9-29(37)34-28(24-26-13-15-27(36)16-14-26)30(38)33-20-23-35(22-8-19-32-18-7-17-31)21-6-12-25-10-4-3-5-11-25/h3-5,10-11,13-16,28,32,36H,2,6-9,12,17-24,31H2,1H3,(H,33,38)(H,34,37)/t28-/m0/s1. The van der Waals surface area contributed by atoms with Crippen molar-refractivity contribution < 1.29 is 14.7 Å². The lowest BCUT2D eigenvalue weighted by Crippen LogP contribution is -2.49. The summed E-state index contributed by atoms with van der Waals surface area (Å²) in [4.78, 5) is 27.8. The van der Waals surface area contributed by atoms with Crippen molar-refractivity contribution in [3.8, 4) is 5.75 Å². The molecule has 0 unspecified atom stereocenters. The van der Waals surface area contributed by atoms with Crippen LogP contribution >= 0.6 is 0 Å². The van der Waals surface area contributed by atoms with E-state index in [2.05, 4.69) is 45.1 Å². The molecule has 0 heterocycles. The largest absolute Gasteiger partial charge is 0.508 e. The Bertz CT molecular complexity index is 908. The Hall–Kier alpha value is -2.94. The summed E-state index contributed by atoms with van der Waals surface area (Å²) in [5.41, 5.74) is 7.79. The predicted octanol–water partition coefficient (Wildman–Crippen LogP) is 2.60. The molecule has 0 radical (unpaired) electrons. The molecule has 38 heavy (non-hydrogen) atoms. The first kappa shape index (κ1) is 31.3. The number of carbonyl (C=O) groups is 2. The Morgan fingerprint density at radius 3 is 2.32 bits per heavy atom. The summed E-state index contributed by atoms with van der Waals surface area (Å²) in [6.07, 6.45) is 5.56. The van der Waals surface area contributed by atoms with Gasteiger partial charge in [-0.15, -0.1) is 0 Å². The Balaban J connectivity index is 1.88. The highest BCUT2D eigenvalue weighted by Crippen LogP contribution is 2.12. The van der Waals surface area contributed by atoms with E-state index in [-0.39, 0.29) is 17.6 Å². The van der Waals surface area contributed by atoms with Crippen LogP contribution in [0.15, 0.2) is 54.6 Å². The van der Waals surface area contributed by atoms with E-state index in [0.29, 0.717) is 25.9 Å². The third kappa shape index (κ3) is 13.6. The zero-order valence-corrected chi connectivity index (χ0v) is 23.0. The molecule has 8 heteroatoms. The Morgan fingerprint density at radius 2 is 1.61 bits per heavy atom. The van der Waals surface area contributed by atoms with Gasteiger partial charge in [0.25, 0.3) is 0 Å². The number of amides is 2. The molecule has 0 aliphatic rings. The number of aryl methyl sites for hydroxylation is 1. The fraction of sp³-hybridized carbons (Fsp3) is 0.533. The number of benzene rings is 2. The molecule has 0 bridgehead atoms. The van der Waals surface area contributed by atoms with Crippen LogP contribution in [0.3, 0.4) is 0 Å². The molecule has 0 fully saturated rings. The molecule has 2 aromatic carbocycles. The number of phenolic OH excluding ortho intramolecular Hbond substituents is 1. The van der Waals surface area contributed by atoms with E-state index in [4.69, 9.17) is 5.73 Å². The van der Waals surface area contributed by atoms with Crippen LogP contribution in [0.4, 0.5) is 0 Å². The van der Waals surface area contributed by atoms with Crippen LogP contribution in [0.1, 0.15) is 50.2 Å². The zero-order chi connectivity index (χ0) is 27.4. The van der Waals surface area contributed by atoms with Gasteiger partial charge in [0.15, 0.2) is 0 Å². The summed E-state index contributed by atoms with van der Waals surface area (Å²) in [7, 11) is 0. The van der Waals surface area contributed by atoms with Gasteiger partial charge in [-0.3, -0.25) is 9.59 Å². The van der Waals surface area contributed by atoms with Gasteiger partial charge in [-0.05, 0) is 88.1 Å². The Labute approximate surface area is 228 Å². The molecule has 0 aliphatic heterocycles. The van der Waals surface area contributed by atoms with Crippen LogP contribution in [-0.4, -0.2) is 73.7 Å². The average molecular weight is 526 g/mol. The van der Waals surface area contributed by atoms with Gasteiger partial charge in [0, 0.05) is 25.9 Å². The van der Waals surface area contributed by atoms with E-state index in [0.717, 1.165) is 70.4 Å². The van der Waals surface area contributed by atoms with Gasteiger partial charge in [-0.1, -0.05) is 49.4 Å². The van der Waals surface area contributed by atoms with Crippen molar-refractivity contribution >= 4 is 11.8 Å². The van der Waals surface area contributed by atoms with Gasteiger partial charge in [0.05, 0.1) is 0 Å². The normalized spacial score (nSPS) is 11.9. The van der Waals surface area contributed by atoms with Crippen molar-refractivity contribution in [1.29, 1.82) is 0 Å². The molecule has 1 atom stereocenters. The Morgan fingerprint density at radius 1 is 0.895 bits per heavy atom. The molecular formula is C30H47N5O3. The minimum absolute atomic E-state index is 0.129. The second kappa shape index (κ2) is 19.2. The molecule has 2 amide bonds. The lowest BCUT2D eigenvalue weighted by atomic mass is 10.0. The summed E-state index contributed by atoms with van der Waals surface area (Å²) < 4.78 is 0. The topological polar surface area (TPSA) is 120 Å². The number of hydrogen-bond donors (Lipinski definition) is 5. The second-order valence-corrected chi connectivity index (χ2v) is 9.71. The Kier molecular flexibility index (Phi) is 15.8. The van der Waals surface area contributed by atoms with Crippen LogP contribution in [0.5, 0.6) is 5.75 Å². The van der Waals surface area contributed by atoms with Crippen LogP contribution in [0, 0.1) is 0 Å². The fourth-order valence-electron chi connectivity index (χ4n) is 4.30. The first-order valence-corrected chi connectivity index (χ1v) is 14.0. The van der Waals surface area contributed by atoms with Crippen molar-refractivity contribution in [1.82, 2.24) is 20.9 Å². The van der Waals surface area contributed by atoms with Gasteiger partial charge < -0.3 is 31.7 Å². The molecule has 8 nitrogen and oxygen atoms in total. The smallest absolute Gasteiger partial charge is 0.242 e. The summed E-state index contributed by atoms with van der Waals surface area (Å²) in [5.74, 6) is -0.141. The van der Waals surface area contributed by atoms with Crippen LogP contribution < -0.4 is 21.7 Å². The summed E-state index contributed by atoms with van der Waals surface area (Å²) in [6.45, 7) is 7.69. The molecule has 2 rings (SSSR count). The molecule has 0 aliphatic carbocycles. The lowest BCUT2D eigenvalue weighted by Gasteiger charge is -2.24. The third-order valence-corrected chi connectivity index (χ3v) is 6.40. The maximum Gasteiger partial charge on any atom is 0.242 e. The number of nitrogens with zero attached hydrogens (tertiary/aromatic N) is 1. The van der Waals surface area contributed by atoms with E-state index >= 15 is 0 Å². The molecule has 0 aromatic heterocycles. The maximum atomic E-state index is 13.1. The monoisotopic (exact) mass is 525 g/mol. The van der Waals surface area contributed by atoms with E-state index < -0.39 is 6.04 Å². The molecule has 0 spiro atoms. The highest BCUT2D eigenvalue weighted by molar-refractivity contribution is 5.87. The minimum atomic E-state index is -0.656. The first-order valence-electron chi connectivity index (χ1n) is 14.0. The van der Waals surface area contributed by atoms with Crippen LogP contribution in [0.2, 0.25) is 0 Å². The van der Waals surface area contributed by atoms with Gasteiger partial charge in [0.2, 0.25) is 11.8 Å². The van der Waals surface area contributed by atoms with Crippen molar-refractivity contribution in [3.05, 3.63) is 65.7 Å². The highest BCUT2D eigenvalue weighted by atomic mass is 16.3. The van der Waals surface area contributed by atoms with Gasteiger partial charge >= 0.3 is 0 Å². The van der Waals surface area contributed by atoms with E-state index in [1.807, 2.05) is 13.0 Å². The number of hydrogen-bond acceptors (Lipinski definition) is 6. The molecular weight excluding hydrogens is 478 g/mol. The first-order chi connectivity index (χ1) is 18.5. The zero-order valence-electron chi connectivity index (χ0n) is 23.0. The third-order valence-electron chi connectivity index (χ3n) is 6.40. The summed E-state index contributed by atoms with van der Waals surface area (Å²) in [5, 5.41) is 18.9. The van der Waals surface area contributed by atoms with Crippen molar-refractivity contribution in [2.75, 3.05) is 45.8 Å². The highest BCUT2D eigenvalue weighted by Gasteiger charge is 2.21. The molecule has 2 aromatic rings. The van der Waals surface area contributed by atoms with E-state index in [1.54, 1.807) is 24.3 Å². The van der Waals surface area contributed by atoms with Crippen molar-refractivity contribution in [2.24, 2.45) is 5.73 Å². The molecule has 6 N–H and O–H groups in total. The van der Waals surface area contributed by atoms with Gasteiger partial charge in [0.1, 0.15) is 11.8 Å². The maximum absolute atomic E-state index is 13.1. The minimum Gasteiger partial charge on any atom is -0.508 e. The van der Waals surface area contributed by atoms with Crippen molar-refractivity contribution in [2.45, 2.75) is 57.9 Å². The molecule has 210 valence electrons. The van der Waals surface area contributed by atoms with E-state index in [1.165, 1.54) is 5.56 Å². The number of nitrogens with one attached hydrogen (secondary N) is 3. The molecule has 0 saturated carbocycles. The summed E-state index contributed by atoms with van der Waals surface area (Å²) in [6, 6.07) is 16.6. The number of rotatable bonds is 20. The lowest BCUT2D eigenvalue weighted by molar-refractivity contribution is -0.129. The number of nitrogens with two attached hydrogens (primary N) is 1. The van der Waals surface area contributed by atoms with Gasteiger partial charge in [-0.25, -0.2) is 0 Å². The average Bonchev–Trinajstić information content (AvgIpc) is 2.91. The summed E-state index contributed by atoms with van der Waals surface area (Å²) >= 11 is 0.